The van der Waals surface area contributed by atoms with E-state index in [0.29, 0.717) is 0 Å². The molecule has 0 spiro atoms. The fourth-order valence-electron chi connectivity index (χ4n) is 0.738. The molecule has 1 amide bonds. The van der Waals surface area contributed by atoms with Crippen LogP contribution in [0.3, 0.4) is 0 Å². The number of nitrogens with one attached hydrogen (secondary N) is 1. The van der Waals surface area contributed by atoms with Gasteiger partial charge in [-0.15, -0.1) is 0 Å². The lowest BCUT2D eigenvalue weighted by Gasteiger charge is -2.13. The first-order chi connectivity index (χ1) is 7.01. The van der Waals surface area contributed by atoms with E-state index in [1.54, 1.807) is 6.92 Å². The monoisotopic (exact) mass is 221 g/mol. The molecule has 2 unspecified atom stereocenters. The molecule has 0 rings (SSSR count). The van der Waals surface area contributed by atoms with Gasteiger partial charge in [0.05, 0.1) is 6.10 Å². The Balaban J connectivity index is 3.86. The van der Waals surface area contributed by atoms with Crippen molar-refractivity contribution in [1.29, 1.82) is 0 Å². The maximum Gasteiger partial charge on any atom is 0.328 e. The summed E-state index contributed by atoms with van der Waals surface area (Å²) < 4.78 is 17.1. The van der Waals surface area contributed by atoms with Crippen molar-refractivity contribution in [2.75, 3.05) is 13.3 Å². The molecule has 0 aliphatic heterocycles. The van der Waals surface area contributed by atoms with Gasteiger partial charge in [-0.1, -0.05) is 6.92 Å². The van der Waals surface area contributed by atoms with Crippen LogP contribution in [0.2, 0.25) is 0 Å². The van der Waals surface area contributed by atoms with Gasteiger partial charge in [0.25, 0.3) is 0 Å². The molecule has 0 saturated carbocycles. The first kappa shape index (κ1) is 13.8. The molecule has 0 bridgehead atoms. The highest BCUT2D eigenvalue weighted by Gasteiger charge is 2.19. The van der Waals surface area contributed by atoms with Crippen molar-refractivity contribution in [3.8, 4) is 0 Å². The zero-order chi connectivity index (χ0) is 11.8. The summed E-state index contributed by atoms with van der Waals surface area (Å²) in [5.74, 6) is -2.02. The maximum atomic E-state index is 12.1. The second kappa shape index (κ2) is 7.17. The SMILES string of the molecule is CCC(C)OCC(=O)NC(CF)C(=O)O. The molecule has 0 radical (unpaired) electrons. The lowest BCUT2D eigenvalue weighted by Crippen LogP contribution is -2.44. The molecular formula is C9H16FNO4. The van der Waals surface area contributed by atoms with Crippen LogP contribution in [-0.4, -0.2) is 42.4 Å². The van der Waals surface area contributed by atoms with Crippen molar-refractivity contribution < 1.29 is 23.8 Å². The zero-order valence-corrected chi connectivity index (χ0v) is 8.83. The number of aliphatic carboxylic acids is 1. The number of carboxylic acid groups (broad SMARTS) is 1. The molecule has 2 atom stereocenters. The predicted molar refractivity (Wildman–Crippen MR) is 51.2 cm³/mol. The van der Waals surface area contributed by atoms with E-state index < -0.39 is 24.6 Å². The van der Waals surface area contributed by atoms with E-state index in [1.807, 2.05) is 12.2 Å². The van der Waals surface area contributed by atoms with E-state index >= 15 is 0 Å². The van der Waals surface area contributed by atoms with Crippen molar-refractivity contribution in [2.24, 2.45) is 0 Å². The first-order valence-electron chi connectivity index (χ1n) is 4.71. The molecule has 2 N–H and O–H groups in total. The van der Waals surface area contributed by atoms with Crippen LogP contribution < -0.4 is 5.32 Å². The fourth-order valence-corrected chi connectivity index (χ4v) is 0.738. The van der Waals surface area contributed by atoms with Gasteiger partial charge in [-0.3, -0.25) is 4.79 Å². The molecule has 0 fully saturated rings. The summed E-state index contributed by atoms with van der Waals surface area (Å²) in [5.41, 5.74) is 0. The Kier molecular flexibility index (Phi) is 6.61. The van der Waals surface area contributed by atoms with Crippen LogP contribution in [0.1, 0.15) is 20.3 Å². The molecule has 88 valence electrons. The van der Waals surface area contributed by atoms with Crippen LogP contribution in [0.15, 0.2) is 0 Å². The van der Waals surface area contributed by atoms with Crippen LogP contribution >= 0.6 is 0 Å². The minimum absolute atomic E-state index is 0.0793. The highest BCUT2D eigenvalue weighted by atomic mass is 19.1. The third-order valence-electron chi connectivity index (χ3n) is 1.86. The molecule has 5 nitrogen and oxygen atoms in total. The fraction of sp³-hybridized carbons (Fsp3) is 0.778. The number of carboxylic acids is 1. The predicted octanol–water partition coefficient (Wildman–Crippen LogP) is 0.340. The number of ether oxygens (including phenoxy) is 1. The number of halogens is 1. The Morgan fingerprint density at radius 3 is 2.53 bits per heavy atom. The van der Waals surface area contributed by atoms with Crippen LogP contribution in [0, 0.1) is 0 Å². The number of rotatable bonds is 7. The number of hydrogen-bond acceptors (Lipinski definition) is 3. The molecule has 0 saturated heterocycles. The van der Waals surface area contributed by atoms with Crippen molar-refractivity contribution in [2.45, 2.75) is 32.4 Å². The molecule has 0 aromatic rings. The third-order valence-corrected chi connectivity index (χ3v) is 1.86. The summed E-state index contributed by atoms with van der Waals surface area (Å²) in [5, 5.41) is 10.5. The van der Waals surface area contributed by atoms with E-state index in [4.69, 9.17) is 9.84 Å². The summed E-state index contributed by atoms with van der Waals surface area (Å²) in [6.45, 7) is 2.30. The Morgan fingerprint density at radius 1 is 1.53 bits per heavy atom. The topological polar surface area (TPSA) is 75.6 Å². The van der Waals surface area contributed by atoms with Gasteiger partial charge in [-0.05, 0) is 13.3 Å². The molecule has 0 aliphatic rings. The van der Waals surface area contributed by atoms with Crippen molar-refractivity contribution in [3.63, 3.8) is 0 Å². The Hall–Kier alpha value is -1.17. The van der Waals surface area contributed by atoms with Gasteiger partial charge in [0.2, 0.25) is 5.91 Å². The summed E-state index contributed by atoms with van der Waals surface area (Å²) >= 11 is 0. The molecule has 0 aromatic heterocycles. The summed E-state index contributed by atoms with van der Waals surface area (Å²) in [4.78, 5) is 21.4. The van der Waals surface area contributed by atoms with Crippen LogP contribution in [0.5, 0.6) is 0 Å². The molecule has 0 aromatic carbocycles. The van der Waals surface area contributed by atoms with Crippen molar-refractivity contribution in [1.82, 2.24) is 5.32 Å². The minimum atomic E-state index is -1.49. The van der Waals surface area contributed by atoms with Crippen LogP contribution in [0.25, 0.3) is 0 Å². The molecule has 6 heteroatoms. The quantitative estimate of drug-likeness (QED) is 0.650. The van der Waals surface area contributed by atoms with E-state index in [-0.39, 0.29) is 12.7 Å². The van der Waals surface area contributed by atoms with Crippen LogP contribution in [-0.2, 0) is 14.3 Å². The largest absolute Gasteiger partial charge is 0.480 e. The highest BCUT2D eigenvalue weighted by molar-refractivity contribution is 5.84. The second-order valence-electron chi connectivity index (χ2n) is 3.14. The van der Waals surface area contributed by atoms with Gasteiger partial charge < -0.3 is 15.2 Å². The third kappa shape index (κ3) is 6.01. The average molecular weight is 221 g/mol. The van der Waals surface area contributed by atoms with E-state index in [1.165, 1.54) is 0 Å². The Bertz CT molecular complexity index is 222. The average Bonchev–Trinajstić information content (AvgIpc) is 2.21. The van der Waals surface area contributed by atoms with Gasteiger partial charge >= 0.3 is 5.97 Å². The standard InChI is InChI=1S/C9H16FNO4/c1-3-6(2)15-5-8(12)11-7(4-10)9(13)14/h6-7H,3-5H2,1-2H3,(H,11,12)(H,13,14). The molecule has 0 heterocycles. The summed E-state index contributed by atoms with van der Waals surface area (Å²) in [6, 6.07) is -1.49. The van der Waals surface area contributed by atoms with Crippen molar-refractivity contribution in [3.05, 3.63) is 0 Å². The van der Waals surface area contributed by atoms with Crippen LogP contribution in [0.4, 0.5) is 4.39 Å². The number of amides is 1. The van der Waals surface area contributed by atoms with E-state index in [0.717, 1.165) is 6.42 Å². The molecule has 0 aliphatic carbocycles. The number of carbonyl (C=O) groups is 2. The lowest BCUT2D eigenvalue weighted by molar-refractivity contribution is -0.143. The first-order valence-corrected chi connectivity index (χ1v) is 4.71. The van der Waals surface area contributed by atoms with E-state index in [2.05, 4.69) is 0 Å². The normalized spacial score (nSPS) is 14.3. The summed E-state index contributed by atoms with van der Waals surface area (Å²) in [7, 11) is 0. The Labute approximate surface area is 87.6 Å². The number of hydrogen-bond donors (Lipinski definition) is 2. The summed E-state index contributed by atoms with van der Waals surface area (Å²) in [6.07, 6.45) is 0.670. The van der Waals surface area contributed by atoms with Gasteiger partial charge in [-0.2, -0.15) is 0 Å². The lowest BCUT2D eigenvalue weighted by atomic mass is 10.3. The number of carbonyl (C=O) groups excluding carboxylic acids is 1. The second-order valence-corrected chi connectivity index (χ2v) is 3.14. The van der Waals surface area contributed by atoms with Gasteiger partial charge in [0.15, 0.2) is 6.04 Å². The van der Waals surface area contributed by atoms with Gasteiger partial charge in [0.1, 0.15) is 13.3 Å². The number of alkyl halides is 1. The van der Waals surface area contributed by atoms with Crippen molar-refractivity contribution >= 4 is 11.9 Å². The molecule has 15 heavy (non-hydrogen) atoms. The minimum Gasteiger partial charge on any atom is -0.480 e. The zero-order valence-electron chi connectivity index (χ0n) is 8.83. The Morgan fingerprint density at radius 2 is 2.13 bits per heavy atom. The smallest absolute Gasteiger partial charge is 0.328 e. The molecular weight excluding hydrogens is 205 g/mol. The highest BCUT2D eigenvalue weighted by Crippen LogP contribution is 1.95. The van der Waals surface area contributed by atoms with E-state index in [9.17, 15) is 14.0 Å². The van der Waals surface area contributed by atoms with Gasteiger partial charge in [0, 0.05) is 0 Å². The maximum absolute atomic E-state index is 12.1. The van der Waals surface area contributed by atoms with Gasteiger partial charge in [-0.25, -0.2) is 9.18 Å².